The van der Waals surface area contributed by atoms with E-state index in [0.717, 1.165) is 36.1 Å². The lowest BCUT2D eigenvalue weighted by Crippen LogP contribution is -2.22. The highest BCUT2D eigenvalue weighted by Crippen LogP contribution is 2.20. The molecule has 88 valence electrons. The number of para-hydroxylation sites is 1. The maximum absolute atomic E-state index is 11.0. The molecule has 0 amide bonds. The maximum atomic E-state index is 11.0. The Morgan fingerprint density at radius 1 is 1.18 bits per heavy atom. The largest absolute Gasteiger partial charge is 0.357 e. The quantitative estimate of drug-likeness (QED) is 0.754. The number of aldehydes is 1. The zero-order chi connectivity index (χ0) is 12.3. The summed E-state index contributed by atoms with van der Waals surface area (Å²) in [5.41, 5.74) is 1.43. The summed E-state index contributed by atoms with van der Waals surface area (Å²) in [5, 5.41) is 1.01. The monoisotopic (exact) mass is 228 g/mol. The van der Waals surface area contributed by atoms with Crippen molar-refractivity contribution in [3.05, 3.63) is 35.9 Å². The number of hydrogen-bond acceptors (Lipinski definition) is 3. The molecule has 0 aliphatic heterocycles. The fraction of sp³-hybridized carbons (Fsp3) is 0.286. The molecular formula is C14H16N2O. The molecule has 1 aromatic carbocycles. The predicted octanol–water partition coefficient (Wildman–Crippen LogP) is 2.89. The Morgan fingerprint density at radius 2 is 1.94 bits per heavy atom. The van der Waals surface area contributed by atoms with Crippen molar-refractivity contribution in [1.82, 2.24) is 4.98 Å². The molecule has 0 N–H and O–H groups in total. The van der Waals surface area contributed by atoms with Crippen LogP contribution in [-0.2, 0) is 0 Å². The average Bonchev–Trinajstić information content (AvgIpc) is 2.39. The summed E-state index contributed by atoms with van der Waals surface area (Å²) in [5.74, 6) is 0.928. The zero-order valence-corrected chi connectivity index (χ0v) is 10.2. The van der Waals surface area contributed by atoms with Gasteiger partial charge in [0.25, 0.3) is 0 Å². The number of anilines is 1. The molecule has 17 heavy (non-hydrogen) atoms. The van der Waals surface area contributed by atoms with Crippen molar-refractivity contribution in [2.75, 3.05) is 18.0 Å². The van der Waals surface area contributed by atoms with E-state index >= 15 is 0 Å². The number of carbonyl (C=O) groups excluding carboxylic acids is 1. The summed E-state index contributed by atoms with van der Waals surface area (Å²) in [7, 11) is 0. The molecule has 1 aromatic heterocycles. The molecule has 0 saturated heterocycles. The third kappa shape index (κ3) is 2.13. The number of benzene rings is 1. The molecule has 2 rings (SSSR count). The Labute approximate surface area is 101 Å². The highest BCUT2D eigenvalue weighted by Gasteiger charge is 2.06. The molecule has 3 heteroatoms. The Morgan fingerprint density at radius 3 is 2.59 bits per heavy atom. The fourth-order valence-electron chi connectivity index (χ4n) is 1.98. The zero-order valence-electron chi connectivity index (χ0n) is 10.2. The first-order valence-corrected chi connectivity index (χ1v) is 5.90. The minimum atomic E-state index is 0.650. The highest BCUT2D eigenvalue weighted by molar-refractivity contribution is 5.96. The van der Waals surface area contributed by atoms with Crippen LogP contribution in [0.4, 0.5) is 5.82 Å². The highest BCUT2D eigenvalue weighted by atomic mass is 16.1. The van der Waals surface area contributed by atoms with E-state index in [1.54, 1.807) is 6.07 Å². The standard InChI is InChI=1S/C14H16N2O/c1-3-16(4-2)13-9-8-11-6-5-7-12(10-17)14(11)15-13/h5-10H,3-4H2,1-2H3. The Bertz CT molecular complexity index is 533. The van der Waals surface area contributed by atoms with Crippen molar-refractivity contribution in [2.24, 2.45) is 0 Å². The molecule has 0 aliphatic carbocycles. The van der Waals surface area contributed by atoms with Gasteiger partial charge in [-0.05, 0) is 32.0 Å². The molecule has 0 bridgehead atoms. The van der Waals surface area contributed by atoms with Gasteiger partial charge >= 0.3 is 0 Å². The number of nitrogens with zero attached hydrogens (tertiary/aromatic N) is 2. The molecule has 1 heterocycles. The second-order valence-electron chi connectivity index (χ2n) is 3.88. The lowest BCUT2D eigenvalue weighted by atomic mass is 10.1. The molecule has 0 spiro atoms. The van der Waals surface area contributed by atoms with E-state index in [1.807, 2.05) is 24.3 Å². The van der Waals surface area contributed by atoms with Gasteiger partial charge in [0.05, 0.1) is 5.52 Å². The molecule has 0 atom stereocenters. The second-order valence-corrected chi connectivity index (χ2v) is 3.88. The first-order chi connectivity index (χ1) is 8.30. The van der Waals surface area contributed by atoms with Crippen molar-refractivity contribution >= 4 is 23.0 Å². The van der Waals surface area contributed by atoms with E-state index < -0.39 is 0 Å². The van der Waals surface area contributed by atoms with Crippen LogP contribution >= 0.6 is 0 Å². The van der Waals surface area contributed by atoms with E-state index in [-0.39, 0.29) is 0 Å². The van der Waals surface area contributed by atoms with Gasteiger partial charge < -0.3 is 4.90 Å². The van der Waals surface area contributed by atoms with E-state index in [0.29, 0.717) is 5.56 Å². The van der Waals surface area contributed by atoms with Gasteiger partial charge in [0.15, 0.2) is 6.29 Å². The van der Waals surface area contributed by atoms with Gasteiger partial charge in [-0.1, -0.05) is 12.1 Å². The third-order valence-electron chi connectivity index (χ3n) is 2.95. The van der Waals surface area contributed by atoms with Gasteiger partial charge in [-0.3, -0.25) is 4.79 Å². The lowest BCUT2D eigenvalue weighted by Gasteiger charge is -2.20. The molecule has 0 fully saturated rings. The first-order valence-electron chi connectivity index (χ1n) is 5.90. The molecular weight excluding hydrogens is 212 g/mol. The Kier molecular flexibility index (Phi) is 3.38. The average molecular weight is 228 g/mol. The molecule has 0 aliphatic rings. The minimum Gasteiger partial charge on any atom is -0.357 e. The van der Waals surface area contributed by atoms with Crippen molar-refractivity contribution in [3.63, 3.8) is 0 Å². The summed E-state index contributed by atoms with van der Waals surface area (Å²) in [6, 6.07) is 9.67. The molecule has 3 nitrogen and oxygen atoms in total. The molecule has 0 radical (unpaired) electrons. The minimum absolute atomic E-state index is 0.650. The summed E-state index contributed by atoms with van der Waals surface area (Å²) >= 11 is 0. The van der Waals surface area contributed by atoms with Crippen molar-refractivity contribution in [3.8, 4) is 0 Å². The van der Waals surface area contributed by atoms with Crippen LogP contribution in [0.3, 0.4) is 0 Å². The summed E-state index contributed by atoms with van der Waals surface area (Å²) < 4.78 is 0. The van der Waals surface area contributed by atoms with Crippen molar-refractivity contribution < 1.29 is 4.79 Å². The van der Waals surface area contributed by atoms with Crippen LogP contribution < -0.4 is 4.90 Å². The molecule has 2 aromatic rings. The number of carbonyl (C=O) groups is 1. The van der Waals surface area contributed by atoms with Gasteiger partial charge in [0, 0.05) is 24.0 Å². The van der Waals surface area contributed by atoms with Gasteiger partial charge in [-0.25, -0.2) is 4.98 Å². The van der Waals surface area contributed by atoms with E-state index in [1.165, 1.54) is 0 Å². The first kappa shape index (κ1) is 11.6. The Hall–Kier alpha value is -1.90. The van der Waals surface area contributed by atoms with Crippen LogP contribution in [0, 0.1) is 0 Å². The van der Waals surface area contributed by atoms with Crippen molar-refractivity contribution in [2.45, 2.75) is 13.8 Å². The third-order valence-corrected chi connectivity index (χ3v) is 2.95. The van der Waals surface area contributed by atoms with Crippen LogP contribution in [-0.4, -0.2) is 24.4 Å². The van der Waals surface area contributed by atoms with Crippen LogP contribution in [0.2, 0.25) is 0 Å². The van der Waals surface area contributed by atoms with Crippen LogP contribution in [0.25, 0.3) is 10.9 Å². The fourth-order valence-corrected chi connectivity index (χ4v) is 1.98. The normalized spacial score (nSPS) is 10.5. The smallest absolute Gasteiger partial charge is 0.152 e. The maximum Gasteiger partial charge on any atom is 0.152 e. The van der Waals surface area contributed by atoms with Crippen molar-refractivity contribution in [1.29, 1.82) is 0 Å². The van der Waals surface area contributed by atoms with Crippen LogP contribution in [0.1, 0.15) is 24.2 Å². The van der Waals surface area contributed by atoms with E-state index in [9.17, 15) is 4.79 Å². The number of rotatable bonds is 4. The number of pyridine rings is 1. The van der Waals surface area contributed by atoms with E-state index in [2.05, 4.69) is 23.7 Å². The predicted molar refractivity (Wildman–Crippen MR) is 70.7 cm³/mol. The van der Waals surface area contributed by atoms with Crippen LogP contribution in [0.15, 0.2) is 30.3 Å². The molecule has 0 unspecified atom stereocenters. The number of aromatic nitrogens is 1. The lowest BCUT2D eigenvalue weighted by molar-refractivity contribution is 0.112. The SMILES string of the molecule is CCN(CC)c1ccc2cccc(C=O)c2n1. The van der Waals surface area contributed by atoms with E-state index in [4.69, 9.17) is 0 Å². The molecule has 0 saturated carbocycles. The topological polar surface area (TPSA) is 33.2 Å². The van der Waals surface area contributed by atoms with Crippen LogP contribution in [0.5, 0.6) is 0 Å². The Balaban J connectivity index is 2.59. The second kappa shape index (κ2) is 4.95. The summed E-state index contributed by atoms with van der Waals surface area (Å²) in [6.45, 7) is 6.03. The number of hydrogen-bond donors (Lipinski definition) is 0. The summed E-state index contributed by atoms with van der Waals surface area (Å²) in [6.07, 6.45) is 0.862. The summed E-state index contributed by atoms with van der Waals surface area (Å²) in [4.78, 5) is 17.7. The van der Waals surface area contributed by atoms with Gasteiger partial charge in [-0.2, -0.15) is 0 Å². The van der Waals surface area contributed by atoms with Gasteiger partial charge in [-0.15, -0.1) is 0 Å². The van der Waals surface area contributed by atoms with Gasteiger partial charge in [0.1, 0.15) is 5.82 Å². The van der Waals surface area contributed by atoms with Gasteiger partial charge in [0.2, 0.25) is 0 Å². The number of fused-ring (bicyclic) bond motifs is 1.